The molecule has 6 heteroatoms. The lowest BCUT2D eigenvalue weighted by Crippen LogP contribution is -2.49. The molecule has 3 N–H and O–H groups in total. The summed E-state index contributed by atoms with van der Waals surface area (Å²) in [5, 5.41) is 0. The fraction of sp³-hybridized carbons (Fsp3) is 1.00. The molecule has 1 saturated heterocycles. The fourth-order valence-electron chi connectivity index (χ4n) is 2.89. The van der Waals surface area contributed by atoms with Gasteiger partial charge in [0, 0.05) is 25.7 Å². The van der Waals surface area contributed by atoms with Crippen LogP contribution >= 0.6 is 0 Å². The van der Waals surface area contributed by atoms with E-state index in [1.165, 1.54) is 12.8 Å². The zero-order valence-corrected chi connectivity index (χ0v) is 11.1. The Hall–Kier alpha value is -0.170. The molecule has 0 aromatic carbocycles. The molecule has 2 fully saturated rings. The second-order valence-corrected chi connectivity index (χ2v) is 6.82. The molecule has 1 heterocycles. The molecule has 0 aromatic rings. The summed E-state index contributed by atoms with van der Waals surface area (Å²) in [4.78, 5) is 0. The predicted octanol–water partition coefficient (Wildman–Crippen LogP) is 0.434. The van der Waals surface area contributed by atoms with Gasteiger partial charge in [0.2, 0.25) is 0 Å². The third-order valence-electron chi connectivity index (χ3n) is 3.93. The fourth-order valence-corrected chi connectivity index (χ4v) is 4.45. The summed E-state index contributed by atoms with van der Waals surface area (Å²) in [6, 6.07) is -0.0805. The van der Waals surface area contributed by atoms with Crippen molar-refractivity contribution in [2.75, 3.05) is 19.6 Å². The Morgan fingerprint density at radius 1 is 1.18 bits per heavy atom. The topological polar surface area (TPSA) is 75.4 Å². The highest BCUT2D eigenvalue weighted by Crippen LogP contribution is 2.28. The molecule has 5 nitrogen and oxygen atoms in total. The van der Waals surface area contributed by atoms with Crippen LogP contribution in [0.1, 0.15) is 38.5 Å². The van der Waals surface area contributed by atoms with E-state index < -0.39 is 10.2 Å². The molecule has 17 heavy (non-hydrogen) atoms. The molecule has 1 saturated carbocycles. The van der Waals surface area contributed by atoms with E-state index >= 15 is 0 Å². The van der Waals surface area contributed by atoms with Crippen molar-refractivity contribution < 1.29 is 8.42 Å². The van der Waals surface area contributed by atoms with Crippen LogP contribution in [0.5, 0.6) is 0 Å². The smallest absolute Gasteiger partial charge is 0.279 e. The highest BCUT2D eigenvalue weighted by atomic mass is 32.2. The standard InChI is InChI=1S/C11H23N3O2S/c12-9-11(10-5-1-2-6-10)13-17(15,16)14-7-3-4-8-14/h10-11,13H,1-9,12H2. The first-order chi connectivity index (χ1) is 8.13. The van der Waals surface area contributed by atoms with E-state index in [1.54, 1.807) is 4.31 Å². The van der Waals surface area contributed by atoms with Crippen molar-refractivity contribution in [3.63, 3.8) is 0 Å². The van der Waals surface area contributed by atoms with Gasteiger partial charge >= 0.3 is 0 Å². The molecule has 2 rings (SSSR count). The molecule has 0 aromatic heterocycles. The van der Waals surface area contributed by atoms with Gasteiger partial charge in [-0.25, -0.2) is 0 Å². The van der Waals surface area contributed by atoms with E-state index in [1.807, 2.05) is 0 Å². The van der Waals surface area contributed by atoms with Crippen LogP contribution in [0.15, 0.2) is 0 Å². The van der Waals surface area contributed by atoms with Gasteiger partial charge in [-0.3, -0.25) is 0 Å². The largest absolute Gasteiger partial charge is 0.329 e. The van der Waals surface area contributed by atoms with Crippen LogP contribution in [0.25, 0.3) is 0 Å². The second kappa shape index (κ2) is 5.65. The van der Waals surface area contributed by atoms with Crippen molar-refractivity contribution >= 4 is 10.2 Å². The average Bonchev–Trinajstić information content (AvgIpc) is 2.97. The summed E-state index contributed by atoms with van der Waals surface area (Å²) in [5.74, 6) is 0.428. The molecule has 100 valence electrons. The lowest BCUT2D eigenvalue weighted by atomic mass is 9.99. The van der Waals surface area contributed by atoms with Crippen LogP contribution in [0.2, 0.25) is 0 Å². The van der Waals surface area contributed by atoms with Crippen LogP contribution < -0.4 is 10.5 Å². The normalized spacial score (nSPS) is 25.5. The summed E-state index contributed by atoms with van der Waals surface area (Å²) in [6.07, 6.45) is 6.54. The number of nitrogens with zero attached hydrogens (tertiary/aromatic N) is 1. The number of hydrogen-bond acceptors (Lipinski definition) is 3. The van der Waals surface area contributed by atoms with Gasteiger partial charge in [-0.15, -0.1) is 0 Å². The Kier molecular flexibility index (Phi) is 4.41. The molecule has 0 amide bonds. The zero-order valence-electron chi connectivity index (χ0n) is 10.3. The van der Waals surface area contributed by atoms with Crippen LogP contribution in [-0.2, 0) is 10.2 Å². The Labute approximate surface area is 104 Å². The van der Waals surface area contributed by atoms with E-state index in [0.717, 1.165) is 25.7 Å². The Morgan fingerprint density at radius 2 is 1.76 bits per heavy atom. The van der Waals surface area contributed by atoms with E-state index in [4.69, 9.17) is 5.73 Å². The van der Waals surface area contributed by atoms with Gasteiger partial charge in [-0.05, 0) is 31.6 Å². The Bertz CT molecular complexity index is 333. The number of nitrogens with two attached hydrogens (primary N) is 1. The van der Waals surface area contributed by atoms with Gasteiger partial charge in [-0.1, -0.05) is 12.8 Å². The second-order valence-electron chi connectivity index (χ2n) is 5.12. The average molecular weight is 261 g/mol. The molecule has 1 atom stereocenters. The van der Waals surface area contributed by atoms with E-state index in [0.29, 0.717) is 25.6 Å². The van der Waals surface area contributed by atoms with Crippen molar-refractivity contribution in [3.8, 4) is 0 Å². The maximum atomic E-state index is 12.1. The minimum atomic E-state index is -3.31. The SMILES string of the molecule is NCC(NS(=O)(=O)N1CCCC1)C1CCCC1. The van der Waals surface area contributed by atoms with Crippen LogP contribution in [0, 0.1) is 5.92 Å². The molecule has 0 spiro atoms. The first-order valence-corrected chi connectivity index (χ1v) is 8.05. The third-order valence-corrected chi connectivity index (χ3v) is 5.57. The molecule has 1 aliphatic carbocycles. The van der Waals surface area contributed by atoms with Crippen molar-refractivity contribution in [2.45, 2.75) is 44.6 Å². The number of rotatable bonds is 5. The third kappa shape index (κ3) is 3.19. The van der Waals surface area contributed by atoms with Crippen LogP contribution in [0.3, 0.4) is 0 Å². The van der Waals surface area contributed by atoms with Gasteiger partial charge in [0.1, 0.15) is 0 Å². The predicted molar refractivity (Wildman–Crippen MR) is 67.7 cm³/mol. The Morgan fingerprint density at radius 3 is 2.29 bits per heavy atom. The minimum absolute atomic E-state index is 0.0805. The molecular weight excluding hydrogens is 238 g/mol. The molecular formula is C11H23N3O2S. The van der Waals surface area contributed by atoms with Crippen LogP contribution in [-0.4, -0.2) is 38.4 Å². The first kappa shape index (κ1) is 13.3. The highest BCUT2D eigenvalue weighted by Gasteiger charge is 2.31. The molecule has 1 aliphatic heterocycles. The van der Waals surface area contributed by atoms with Gasteiger partial charge < -0.3 is 5.73 Å². The zero-order chi connectivity index (χ0) is 12.3. The highest BCUT2D eigenvalue weighted by molar-refractivity contribution is 7.87. The summed E-state index contributed by atoms with van der Waals surface area (Å²) >= 11 is 0. The quantitative estimate of drug-likeness (QED) is 0.754. The summed E-state index contributed by atoms with van der Waals surface area (Å²) < 4.78 is 28.6. The lowest BCUT2D eigenvalue weighted by molar-refractivity contribution is 0.386. The van der Waals surface area contributed by atoms with E-state index in [9.17, 15) is 8.42 Å². The molecule has 0 bridgehead atoms. The van der Waals surface area contributed by atoms with Crippen molar-refractivity contribution in [1.82, 2.24) is 9.03 Å². The summed E-state index contributed by atoms with van der Waals surface area (Å²) in [5.41, 5.74) is 5.71. The number of nitrogens with one attached hydrogen (secondary N) is 1. The minimum Gasteiger partial charge on any atom is -0.329 e. The van der Waals surface area contributed by atoms with Gasteiger partial charge in [0.25, 0.3) is 10.2 Å². The molecule has 2 aliphatic rings. The summed E-state index contributed by atoms with van der Waals surface area (Å²) in [7, 11) is -3.31. The maximum absolute atomic E-state index is 12.1. The first-order valence-electron chi connectivity index (χ1n) is 6.61. The van der Waals surface area contributed by atoms with Crippen molar-refractivity contribution in [2.24, 2.45) is 11.7 Å². The van der Waals surface area contributed by atoms with Crippen molar-refractivity contribution in [1.29, 1.82) is 0 Å². The lowest BCUT2D eigenvalue weighted by Gasteiger charge is -2.26. The van der Waals surface area contributed by atoms with Crippen molar-refractivity contribution in [3.05, 3.63) is 0 Å². The Balaban J connectivity index is 1.96. The monoisotopic (exact) mass is 261 g/mol. The van der Waals surface area contributed by atoms with Gasteiger partial charge in [0.05, 0.1) is 0 Å². The molecule has 0 radical (unpaired) electrons. The number of hydrogen-bond donors (Lipinski definition) is 2. The van der Waals surface area contributed by atoms with Crippen LogP contribution in [0.4, 0.5) is 0 Å². The summed E-state index contributed by atoms with van der Waals surface area (Å²) in [6.45, 7) is 1.70. The van der Waals surface area contributed by atoms with E-state index in [-0.39, 0.29) is 6.04 Å². The maximum Gasteiger partial charge on any atom is 0.279 e. The molecule has 1 unspecified atom stereocenters. The van der Waals surface area contributed by atoms with Gasteiger partial charge in [-0.2, -0.15) is 17.4 Å². The van der Waals surface area contributed by atoms with E-state index in [2.05, 4.69) is 4.72 Å². The van der Waals surface area contributed by atoms with Gasteiger partial charge in [0.15, 0.2) is 0 Å².